The zero-order valence-electron chi connectivity index (χ0n) is 11.7. The molecule has 0 aromatic carbocycles. The number of aryl methyl sites for hydroxylation is 1. The lowest BCUT2D eigenvalue weighted by Crippen LogP contribution is -2.26. The Labute approximate surface area is 109 Å². The van der Waals surface area contributed by atoms with E-state index >= 15 is 0 Å². The molecule has 0 atom stereocenters. The summed E-state index contributed by atoms with van der Waals surface area (Å²) in [6.07, 6.45) is 3.54. The summed E-state index contributed by atoms with van der Waals surface area (Å²) in [4.78, 5) is 18.3. The van der Waals surface area contributed by atoms with Gasteiger partial charge in [0.05, 0.1) is 6.42 Å². The largest absolute Gasteiger partial charge is 0.303 e. The number of rotatable bonds is 9. The fourth-order valence-electron chi connectivity index (χ4n) is 1.91. The van der Waals surface area contributed by atoms with Gasteiger partial charge in [0.15, 0.2) is 0 Å². The number of ketones is 1. The first kappa shape index (κ1) is 14.8. The van der Waals surface area contributed by atoms with E-state index < -0.39 is 0 Å². The van der Waals surface area contributed by atoms with E-state index in [0.29, 0.717) is 12.8 Å². The summed E-state index contributed by atoms with van der Waals surface area (Å²) in [6.45, 7) is 9.99. The van der Waals surface area contributed by atoms with Crippen LogP contribution in [0.15, 0.2) is 6.33 Å². The maximum atomic E-state index is 11.9. The number of nitrogens with zero attached hydrogens (tertiary/aromatic N) is 4. The van der Waals surface area contributed by atoms with Crippen molar-refractivity contribution < 1.29 is 4.79 Å². The molecule has 1 aromatic rings. The van der Waals surface area contributed by atoms with Crippen molar-refractivity contribution in [3.05, 3.63) is 12.2 Å². The molecule has 0 aliphatic rings. The van der Waals surface area contributed by atoms with Gasteiger partial charge in [0.2, 0.25) is 0 Å². The van der Waals surface area contributed by atoms with E-state index in [9.17, 15) is 4.79 Å². The van der Waals surface area contributed by atoms with Crippen LogP contribution < -0.4 is 0 Å². The van der Waals surface area contributed by atoms with E-state index in [-0.39, 0.29) is 5.78 Å². The Hall–Kier alpha value is -1.23. The van der Waals surface area contributed by atoms with Crippen LogP contribution in [0.1, 0.15) is 39.4 Å². The lowest BCUT2D eigenvalue weighted by molar-refractivity contribution is -0.118. The molecule has 0 N–H and O–H groups in total. The maximum absolute atomic E-state index is 11.9. The van der Waals surface area contributed by atoms with Gasteiger partial charge in [-0.3, -0.25) is 4.79 Å². The van der Waals surface area contributed by atoms with Gasteiger partial charge in [-0.15, -0.1) is 0 Å². The van der Waals surface area contributed by atoms with Crippen molar-refractivity contribution in [2.24, 2.45) is 0 Å². The first-order chi connectivity index (χ1) is 8.71. The second kappa shape index (κ2) is 7.97. The molecule has 0 fully saturated rings. The summed E-state index contributed by atoms with van der Waals surface area (Å²) in [5, 5.41) is 4.13. The minimum atomic E-state index is 0.243. The molecule has 102 valence electrons. The lowest BCUT2D eigenvalue weighted by Gasteiger charge is -2.16. The number of aromatic nitrogens is 3. The summed E-state index contributed by atoms with van der Waals surface area (Å²) in [5.41, 5.74) is 0. The standard InChI is InChI=1S/C13H24N4O/c1-4-8-17-13(14-11-15-17)10-12(18)7-9-16(5-2)6-3/h11H,4-10H2,1-3H3. The van der Waals surface area contributed by atoms with Gasteiger partial charge in [0, 0.05) is 19.5 Å². The minimum absolute atomic E-state index is 0.243. The van der Waals surface area contributed by atoms with Crippen LogP contribution in [-0.4, -0.2) is 45.1 Å². The molecule has 0 saturated carbocycles. The zero-order valence-corrected chi connectivity index (χ0v) is 11.7. The molecular formula is C13H24N4O. The number of carbonyl (C=O) groups excluding carboxylic acids is 1. The van der Waals surface area contributed by atoms with Crippen molar-refractivity contribution in [1.82, 2.24) is 19.7 Å². The topological polar surface area (TPSA) is 51.0 Å². The third-order valence-electron chi connectivity index (χ3n) is 3.09. The van der Waals surface area contributed by atoms with Crippen LogP contribution in [0.25, 0.3) is 0 Å². The highest BCUT2D eigenvalue weighted by atomic mass is 16.1. The molecule has 5 nitrogen and oxygen atoms in total. The van der Waals surface area contributed by atoms with E-state index in [1.807, 2.05) is 4.68 Å². The molecular weight excluding hydrogens is 228 g/mol. The Morgan fingerprint density at radius 3 is 2.67 bits per heavy atom. The van der Waals surface area contributed by atoms with Gasteiger partial charge >= 0.3 is 0 Å². The lowest BCUT2D eigenvalue weighted by atomic mass is 10.2. The van der Waals surface area contributed by atoms with Gasteiger partial charge in [0.1, 0.15) is 17.9 Å². The Kier molecular flexibility index (Phi) is 6.57. The Balaban J connectivity index is 2.41. The SMILES string of the molecule is CCCn1ncnc1CC(=O)CCN(CC)CC. The molecule has 0 amide bonds. The average molecular weight is 252 g/mol. The number of hydrogen-bond donors (Lipinski definition) is 0. The predicted molar refractivity (Wildman–Crippen MR) is 71.4 cm³/mol. The molecule has 0 unspecified atom stereocenters. The van der Waals surface area contributed by atoms with Crippen molar-refractivity contribution in [2.75, 3.05) is 19.6 Å². The summed E-state index contributed by atoms with van der Waals surface area (Å²) in [7, 11) is 0. The van der Waals surface area contributed by atoms with E-state index in [4.69, 9.17) is 0 Å². The maximum Gasteiger partial charge on any atom is 0.141 e. The van der Waals surface area contributed by atoms with E-state index in [2.05, 4.69) is 35.8 Å². The van der Waals surface area contributed by atoms with Crippen LogP contribution >= 0.6 is 0 Å². The minimum Gasteiger partial charge on any atom is -0.303 e. The van der Waals surface area contributed by atoms with Gasteiger partial charge in [-0.25, -0.2) is 9.67 Å². The molecule has 0 aliphatic heterocycles. The van der Waals surface area contributed by atoms with Crippen LogP contribution in [0, 0.1) is 0 Å². The number of hydrogen-bond acceptors (Lipinski definition) is 4. The second-order valence-corrected chi connectivity index (χ2v) is 4.39. The third-order valence-corrected chi connectivity index (χ3v) is 3.09. The van der Waals surface area contributed by atoms with E-state index in [1.165, 1.54) is 6.33 Å². The summed E-state index contributed by atoms with van der Waals surface area (Å²) in [5.74, 6) is 1.04. The Bertz CT molecular complexity index is 358. The zero-order chi connectivity index (χ0) is 13.4. The van der Waals surface area contributed by atoms with Crippen molar-refractivity contribution >= 4 is 5.78 Å². The molecule has 0 aliphatic carbocycles. The van der Waals surface area contributed by atoms with Crippen molar-refractivity contribution in [3.63, 3.8) is 0 Å². The van der Waals surface area contributed by atoms with Crippen LogP contribution in [0.5, 0.6) is 0 Å². The molecule has 1 rings (SSSR count). The van der Waals surface area contributed by atoms with Gasteiger partial charge < -0.3 is 4.90 Å². The van der Waals surface area contributed by atoms with Gasteiger partial charge in [-0.1, -0.05) is 20.8 Å². The molecule has 1 heterocycles. The fraction of sp³-hybridized carbons (Fsp3) is 0.769. The van der Waals surface area contributed by atoms with Gasteiger partial charge in [-0.05, 0) is 19.5 Å². The van der Waals surface area contributed by atoms with Gasteiger partial charge in [-0.2, -0.15) is 5.10 Å². The monoisotopic (exact) mass is 252 g/mol. The Morgan fingerprint density at radius 1 is 1.33 bits per heavy atom. The molecule has 18 heavy (non-hydrogen) atoms. The van der Waals surface area contributed by atoms with Crippen molar-refractivity contribution in [1.29, 1.82) is 0 Å². The summed E-state index contributed by atoms with van der Waals surface area (Å²) >= 11 is 0. The number of Topliss-reactive ketones (excluding diaryl/α,β-unsaturated/α-hetero) is 1. The average Bonchev–Trinajstić information content (AvgIpc) is 2.78. The second-order valence-electron chi connectivity index (χ2n) is 4.39. The highest BCUT2D eigenvalue weighted by Gasteiger charge is 2.11. The normalized spacial score (nSPS) is 11.1. The first-order valence-electron chi connectivity index (χ1n) is 6.81. The van der Waals surface area contributed by atoms with Gasteiger partial charge in [0.25, 0.3) is 0 Å². The van der Waals surface area contributed by atoms with Crippen LogP contribution in [0.2, 0.25) is 0 Å². The highest BCUT2D eigenvalue weighted by molar-refractivity contribution is 5.80. The molecule has 0 bridgehead atoms. The molecule has 5 heteroatoms. The molecule has 1 aromatic heterocycles. The predicted octanol–water partition coefficient (Wildman–Crippen LogP) is 1.53. The van der Waals surface area contributed by atoms with Crippen LogP contribution in [0.3, 0.4) is 0 Å². The number of carbonyl (C=O) groups is 1. The highest BCUT2D eigenvalue weighted by Crippen LogP contribution is 2.01. The first-order valence-corrected chi connectivity index (χ1v) is 6.81. The summed E-state index contributed by atoms with van der Waals surface area (Å²) in [6, 6.07) is 0. The van der Waals surface area contributed by atoms with Crippen LogP contribution in [-0.2, 0) is 17.8 Å². The summed E-state index contributed by atoms with van der Waals surface area (Å²) < 4.78 is 1.83. The molecule has 0 spiro atoms. The van der Waals surface area contributed by atoms with E-state index in [0.717, 1.165) is 38.4 Å². The van der Waals surface area contributed by atoms with Crippen LogP contribution in [0.4, 0.5) is 0 Å². The third kappa shape index (κ3) is 4.56. The quantitative estimate of drug-likeness (QED) is 0.669. The molecule has 0 saturated heterocycles. The smallest absolute Gasteiger partial charge is 0.141 e. The molecule has 0 radical (unpaired) electrons. The Morgan fingerprint density at radius 2 is 2.06 bits per heavy atom. The van der Waals surface area contributed by atoms with E-state index in [1.54, 1.807) is 0 Å². The fourth-order valence-corrected chi connectivity index (χ4v) is 1.91. The van der Waals surface area contributed by atoms with Crippen molar-refractivity contribution in [2.45, 2.75) is 46.6 Å². The van der Waals surface area contributed by atoms with Crippen molar-refractivity contribution in [3.8, 4) is 0 Å².